The van der Waals surface area contributed by atoms with Gasteiger partial charge in [0, 0.05) is 23.5 Å². The van der Waals surface area contributed by atoms with Crippen molar-refractivity contribution in [2.24, 2.45) is 0 Å². The zero-order chi connectivity index (χ0) is 12.7. The third-order valence-electron chi connectivity index (χ3n) is 3.00. The van der Waals surface area contributed by atoms with Gasteiger partial charge in [0.2, 0.25) is 0 Å². The lowest BCUT2D eigenvalue weighted by molar-refractivity contribution is 0.873. The summed E-state index contributed by atoms with van der Waals surface area (Å²) in [6.45, 7) is 4.18. The van der Waals surface area contributed by atoms with Crippen LogP contribution in [0, 0.1) is 0 Å². The summed E-state index contributed by atoms with van der Waals surface area (Å²) in [6.07, 6.45) is 7.10. The summed E-state index contributed by atoms with van der Waals surface area (Å²) in [5.41, 5.74) is 9.75. The number of anilines is 1. The molecule has 3 heterocycles. The van der Waals surface area contributed by atoms with E-state index in [4.69, 9.17) is 5.73 Å². The van der Waals surface area contributed by atoms with Crippen molar-refractivity contribution < 1.29 is 0 Å². The standard InChI is InChI=1S/C12H14N6/c1-7(2)10-11(16-17-12(10)13)8-5-15-18-4-3-14-6-9(8)18/h3-7H,1-2H3,(H3,13,16,17). The number of hydrogen-bond acceptors (Lipinski definition) is 4. The predicted octanol–water partition coefficient (Wildman–Crippen LogP) is 1.82. The number of H-pyrrole nitrogens is 1. The summed E-state index contributed by atoms with van der Waals surface area (Å²) < 4.78 is 1.78. The van der Waals surface area contributed by atoms with Crippen LogP contribution in [0.4, 0.5) is 5.82 Å². The molecule has 6 heteroatoms. The third kappa shape index (κ3) is 1.46. The molecule has 92 valence electrons. The number of aromatic nitrogens is 5. The number of aromatic amines is 1. The van der Waals surface area contributed by atoms with Gasteiger partial charge in [-0.05, 0) is 5.92 Å². The van der Waals surface area contributed by atoms with Gasteiger partial charge in [-0.3, -0.25) is 10.1 Å². The van der Waals surface area contributed by atoms with Crippen LogP contribution in [0.25, 0.3) is 16.8 Å². The molecule has 0 radical (unpaired) electrons. The van der Waals surface area contributed by atoms with E-state index >= 15 is 0 Å². The first-order valence-electron chi connectivity index (χ1n) is 5.80. The number of nitrogens with zero attached hydrogens (tertiary/aromatic N) is 4. The predicted molar refractivity (Wildman–Crippen MR) is 69.1 cm³/mol. The first kappa shape index (κ1) is 10.8. The SMILES string of the molecule is CC(C)c1c(N)n[nH]c1-c1cnn2ccncc12. The Hall–Kier alpha value is -2.37. The van der Waals surface area contributed by atoms with E-state index in [0.717, 1.165) is 22.3 Å². The second kappa shape index (κ2) is 3.83. The van der Waals surface area contributed by atoms with Crippen LogP contribution < -0.4 is 5.73 Å². The molecule has 3 N–H and O–H groups in total. The molecule has 6 nitrogen and oxygen atoms in total. The molecule has 0 amide bonds. The number of hydrogen-bond donors (Lipinski definition) is 2. The van der Waals surface area contributed by atoms with E-state index in [-0.39, 0.29) is 0 Å². The van der Waals surface area contributed by atoms with Crippen LogP contribution >= 0.6 is 0 Å². The Balaban J connectivity index is 2.27. The lowest BCUT2D eigenvalue weighted by Gasteiger charge is -2.06. The Morgan fingerprint density at radius 3 is 2.94 bits per heavy atom. The van der Waals surface area contributed by atoms with Crippen molar-refractivity contribution in [2.75, 3.05) is 5.73 Å². The summed E-state index contributed by atoms with van der Waals surface area (Å²) in [5.74, 6) is 0.841. The maximum absolute atomic E-state index is 5.91. The Labute approximate surface area is 104 Å². The summed E-state index contributed by atoms with van der Waals surface area (Å²) in [7, 11) is 0. The minimum Gasteiger partial charge on any atom is -0.382 e. The molecule has 0 atom stereocenters. The van der Waals surface area contributed by atoms with Crippen LogP contribution in [0.3, 0.4) is 0 Å². The normalized spacial score (nSPS) is 11.5. The molecule has 0 aliphatic rings. The van der Waals surface area contributed by atoms with Gasteiger partial charge in [0.25, 0.3) is 0 Å². The minimum atomic E-state index is 0.297. The maximum atomic E-state index is 5.91. The Morgan fingerprint density at radius 1 is 1.33 bits per heavy atom. The summed E-state index contributed by atoms with van der Waals surface area (Å²) in [6, 6.07) is 0. The van der Waals surface area contributed by atoms with E-state index < -0.39 is 0 Å². The number of nitrogens with one attached hydrogen (secondary N) is 1. The van der Waals surface area contributed by atoms with Crippen LogP contribution in [0.5, 0.6) is 0 Å². The van der Waals surface area contributed by atoms with Crippen LogP contribution in [-0.2, 0) is 0 Å². The first-order chi connectivity index (χ1) is 8.68. The average molecular weight is 242 g/mol. The van der Waals surface area contributed by atoms with Gasteiger partial charge >= 0.3 is 0 Å². The molecule has 0 bridgehead atoms. The highest BCUT2D eigenvalue weighted by molar-refractivity contribution is 5.81. The fraction of sp³-hybridized carbons (Fsp3) is 0.250. The molecule has 0 spiro atoms. The molecule has 0 aliphatic heterocycles. The molecule has 0 unspecified atom stereocenters. The summed E-state index contributed by atoms with van der Waals surface area (Å²) in [4.78, 5) is 4.13. The zero-order valence-corrected chi connectivity index (χ0v) is 10.3. The molecule has 0 aromatic carbocycles. The smallest absolute Gasteiger partial charge is 0.149 e. The number of nitrogens with two attached hydrogens (primary N) is 1. The average Bonchev–Trinajstić information content (AvgIpc) is 2.92. The zero-order valence-electron chi connectivity index (χ0n) is 10.3. The molecule has 0 fully saturated rings. The topological polar surface area (TPSA) is 84.9 Å². The highest BCUT2D eigenvalue weighted by Crippen LogP contribution is 2.33. The van der Waals surface area contributed by atoms with Gasteiger partial charge < -0.3 is 5.73 Å². The lowest BCUT2D eigenvalue weighted by atomic mass is 9.99. The van der Waals surface area contributed by atoms with Crippen molar-refractivity contribution in [3.05, 3.63) is 30.4 Å². The molecule has 0 saturated carbocycles. The monoisotopic (exact) mass is 242 g/mol. The van der Waals surface area contributed by atoms with Crippen molar-refractivity contribution in [1.82, 2.24) is 24.8 Å². The quantitative estimate of drug-likeness (QED) is 0.717. The highest BCUT2D eigenvalue weighted by Gasteiger charge is 2.18. The Bertz CT molecular complexity index is 693. The number of rotatable bonds is 2. The van der Waals surface area contributed by atoms with Gasteiger partial charge in [-0.25, -0.2) is 4.52 Å². The van der Waals surface area contributed by atoms with Gasteiger partial charge in [-0.15, -0.1) is 0 Å². The molecule has 3 rings (SSSR count). The van der Waals surface area contributed by atoms with E-state index in [1.54, 1.807) is 23.1 Å². The van der Waals surface area contributed by atoms with Crippen LogP contribution in [-0.4, -0.2) is 24.8 Å². The minimum absolute atomic E-state index is 0.297. The number of fused-ring (bicyclic) bond motifs is 1. The molecular formula is C12H14N6. The second-order valence-electron chi connectivity index (χ2n) is 4.52. The van der Waals surface area contributed by atoms with Crippen molar-refractivity contribution in [1.29, 1.82) is 0 Å². The Morgan fingerprint density at radius 2 is 2.17 bits per heavy atom. The highest BCUT2D eigenvalue weighted by atomic mass is 15.2. The van der Waals surface area contributed by atoms with Crippen molar-refractivity contribution in [2.45, 2.75) is 19.8 Å². The lowest BCUT2D eigenvalue weighted by Crippen LogP contribution is -1.95. The molecule has 0 aliphatic carbocycles. The van der Waals surface area contributed by atoms with E-state index in [1.165, 1.54) is 0 Å². The van der Waals surface area contributed by atoms with Crippen molar-refractivity contribution >= 4 is 11.3 Å². The fourth-order valence-electron chi connectivity index (χ4n) is 2.18. The van der Waals surface area contributed by atoms with Crippen LogP contribution in [0.2, 0.25) is 0 Å². The van der Waals surface area contributed by atoms with Gasteiger partial charge in [-0.2, -0.15) is 10.2 Å². The number of nitrogen functional groups attached to an aromatic ring is 1. The van der Waals surface area contributed by atoms with Gasteiger partial charge in [0.05, 0.1) is 23.6 Å². The largest absolute Gasteiger partial charge is 0.382 e. The molecule has 0 saturated heterocycles. The van der Waals surface area contributed by atoms with E-state index in [0.29, 0.717) is 11.7 Å². The van der Waals surface area contributed by atoms with E-state index in [2.05, 4.69) is 34.1 Å². The van der Waals surface area contributed by atoms with Gasteiger partial charge in [-0.1, -0.05) is 13.8 Å². The fourth-order valence-corrected chi connectivity index (χ4v) is 2.18. The van der Waals surface area contributed by atoms with E-state index in [1.807, 2.05) is 6.20 Å². The Kier molecular flexibility index (Phi) is 2.29. The summed E-state index contributed by atoms with van der Waals surface area (Å²) >= 11 is 0. The van der Waals surface area contributed by atoms with Crippen LogP contribution in [0.15, 0.2) is 24.8 Å². The van der Waals surface area contributed by atoms with E-state index in [9.17, 15) is 0 Å². The third-order valence-corrected chi connectivity index (χ3v) is 3.00. The molecule has 18 heavy (non-hydrogen) atoms. The first-order valence-corrected chi connectivity index (χ1v) is 5.80. The molecule has 3 aromatic rings. The van der Waals surface area contributed by atoms with Crippen LogP contribution in [0.1, 0.15) is 25.3 Å². The van der Waals surface area contributed by atoms with Crippen molar-refractivity contribution in [3.8, 4) is 11.3 Å². The maximum Gasteiger partial charge on any atom is 0.149 e. The van der Waals surface area contributed by atoms with Gasteiger partial charge in [0.1, 0.15) is 5.82 Å². The molecule has 3 aromatic heterocycles. The summed E-state index contributed by atoms with van der Waals surface area (Å²) in [5, 5.41) is 11.4. The second-order valence-corrected chi connectivity index (χ2v) is 4.52. The van der Waals surface area contributed by atoms with Gasteiger partial charge in [0.15, 0.2) is 0 Å². The van der Waals surface area contributed by atoms with Crippen molar-refractivity contribution in [3.63, 3.8) is 0 Å². The molecular weight excluding hydrogens is 228 g/mol.